The molecule has 0 saturated carbocycles. The van der Waals surface area contributed by atoms with E-state index in [0.717, 1.165) is 4.57 Å². The Balaban J connectivity index is 2.73. The highest BCUT2D eigenvalue weighted by Crippen LogP contribution is 2.11. The van der Waals surface area contributed by atoms with Crippen molar-refractivity contribution in [1.82, 2.24) is 18.9 Å². The maximum atomic E-state index is 11.9. The summed E-state index contributed by atoms with van der Waals surface area (Å²) in [5.74, 6) is 0.273. The summed E-state index contributed by atoms with van der Waals surface area (Å²) in [6, 6.07) is 7.23. The Labute approximate surface area is 88.8 Å². The van der Waals surface area contributed by atoms with Gasteiger partial charge in [-0.05, 0) is 12.1 Å². The van der Waals surface area contributed by atoms with Gasteiger partial charge in [-0.1, -0.05) is 12.1 Å². The third-order valence-corrected chi connectivity index (χ3v) is 2.56. The fourth-order valence-corrected chi connectivity index (χ4v) is 1.72. The van der Waals surface area contributed by atoms with Crippen molar-refractivity contribution in [3.63, 3.8) is 0 Å². The molecule has 0 aliphatic rings. The van der Waals surface area contributed by atoms with Crippen molar-refractivity contribution in [2.75, 3.05) is 0 Å². The topological polar surface area (TPSA) is 72.2 Å². The second kappa shape index (κ2) is 2.82. The van der Waals surface area contributed by atoms with Gasteiger partial charge in [0.05, 0.1) is 11.0 Å². The first-order valence-electron chi connectivity index (χ1n) is 4.75. The molecule has 3 aromatic rings. The standard InChI is InChI=1S/C10H8N4O2/c1-13-9(15)12-8-11-6-4-2-3-5-7(6)14(8)10(13)16/h2-5H,1H3,(H,11,12,15). The molecule has 0 fully saturated rings. The molecule has 6 heteroatoms. The number of nitrogens with zero attached hydrogens (tertiary/aromatic N) is 3. The third-order valence-electron chi connectivity index (χ3n) is 2.56. The highest BCUT2D eigenvalue weighted by Gasteiger charge is 2.09. The number of H-pyrrole nitrogens is 1. The van der Waals surface area contributed by atoms with Gasteiger partial charge in [0.2, 0.25) is 5.78 Å². The number of para-hydroxylation sites is 2. The molecule has 0 radical (unpaired) electrons. The number of nitrogens with one attached hydrogen (secondary N) is 1. The van der Waals surface area contributed by atoms with Gasteiger partial charge in [0.1, 0.15) is 0 Å². The van der Waals surface area contributed by atoms with E-state index in [4.69, 9.17) is 0 Å². The second-order valence-electron chi connectivity index (χ2n) is 3.53. The quantitative estimate of drug-likeness (QED) is 0.569. The fourth-order valence-electron chi connectivity index (χ4n) is 1.72. The molecule has 6 nitrogen and oxygen atoms in total. The lowest BCUT2D eigenvalue weighted by Gasteiger charge is -1.97. The molecule has 0 unspecified atom stereocenters. The summed E-state index contributed by atoms with van der Waals surface area (Å²) in [5.41, 5.74) is 0.510. The van der Waals surface area contributed by atoms with Crippen LogP contribution in [0.2, 0.25) is 0 Å². The Hall–Kier alpha value is -2.37. The van der Waals surface area contributed by atoms with Gasteiger partial charge >= 0.3 is 11.4 Å². The molecule has 16 heavy (non-hydrogen) atoms. The minimum Gasteiger partial charge on any atom is -0.277 e. The Morgan fingerprint density at radius 2 is 2.00 bits per heavy atom. The van der Waals surface area contributed by atoms with Crippen LogP contribution < -0.4 is 11.4 Å². The first-order chi connectivity index (χ1) is 7.68. The van der Waals surface area contributed by atoms with Crippen LogP contribution in [0.4, 0.5) is 0 Å². The number of aromatic nitrogens is 4. The van der Waals surface area contributed by atoms with Crippen molar-refractivity contribution < 1.29 is 0 Å². The molecule has 80 valence electrons. The fraction of sp³-hybridized carbons (Fsp3) is 0.100. The van der Waals surface area contributed by atoms with Crippen molar-refractivity contribution >= 4 is 16.8 Å². The monoisotopic (exact) mass is 216 g/mol. The van der Waals surface area contributed by atoms with E-state index < -0.39 is 11.4 Å². The van der Waals surface area contributed by atoms with E-state index in [0.29, 0.717) is 11.0 Å². The van der Waals surface area contributed by atoms with Gasteiger partial charge in [-0.25, -0.2) is 23.5 Å². The van der Waals surface area contributed by atoms with E-state index >= 15 is 0 Å². The lowest BCUT2D eigenvalue weighted by atomic mass is 10.3. The Bertz CT molecular complexity index is 809. The zero-order valence-electron chi connectivity index (χ0n) is 8.47. The smallest absolute Gasteiger partial charge is 0.277 e. The van der Waals surface area contributed by atoms with E-state index in [1.54, 1.807) is 12.1 Å². The molecule has 1 N–H and O–H groups in total. The summed E-state index contributed by atoms with van der Waals surface area (Å²) < 4.78 is 2.40. The van der Waals surface area contributed by atoms with Crippen molar-refractivity contribution in [2.24, 2.45) is 7.05 Å². The van der Waals surface area contributed by atoms with Gasteiger partial charge in [0.15, 0.2) is 0 Å². The number of hydrogen-bond donors (Lipinski definition) is 1. The molecule has 0 saturated heterocycles. The highest BCUT2D eigenvalue weighted by atomic mass is 16.2. The lowest BCUT2D eigenvalue weighted by Crippen LogP contribution is -2.36. The van der Waals surface area contributed by atoms with Crippen LogP contribution in [0.5, 0.6) is 0 Å². The minimum atomic E-state index is -0.465. The molecule has 0 aliphatic carbocycles. The predicted octanol–water partition coefficient (Wildman–Crippen LogP) is -0.126. The number of imidazole rings is 1. The second-order valence-corrected chi connectivity index (χ2v) is 3.53. The summed E-state index contributed by atoms with van der Waals surface area (Å²) in [5, 5.41) is 0. The number of benzene rings is 1. The normalized spacial score (nSPS) is 11.3. The first kappa shape index (κ1) is 8.90. The minimum absolute atomic E-state index is 0.273. The SMILES string of the molecule is Cn1c(=O)[nH]c2nc3ccccc3n2c1=O. The molecule has 1 aromatic carbocycles. The largest absolute Gasteiger partial charge is 0.339 e. The van der Waals surface area contributed by atoms with E-state index in [-0.39, 0.29) is 5.78 Å². The molecule has 0 atom stereocenters. The zero-order chi connectivity index (χ0) is 11.3. The van der Waals surface area contributed by atoms with Crippen molar-refractivity contribution in [3.8, 4) is 0 Å². The Kier molecular flexibility index (Phi) is 1.57. The van der Waals surface area contributed by atoms with Crippen molar-refractivity contribution in [2.45, 2.75) is 0 Å². The van der Waals surface area contributed by atoms with Gasteiger partial charge in [0, 0.05) is 7.05 Å². The van der Waals surface area contributed by atoms with E-state index in [1.165, 1.54) is 11.4 Å². The van der Waals surface area contributed by atoms with Crippen LogP contribution >= 0.6 is 0 Å². The predicted molar refractivity (Wildman–Crippen MR) is 58.6 cm³/mol. The van der Waals surface area contributed by atoms with Crippen LogP contribution in [-0.2, 0) is 7.05 Å². The Morgan fingerprint density at radius 1 is 1.25 bits per heavy atom. The molecule has 3 rings (SSSR count). The van der Waals surface area contributed by atoms with Crippen LogP contribution in [0.25, 0.3) is 16.8 Å². The van der Waals surface area contributed by atoms with Crippen LogP contribution in [0.3, 0.4) is 0 Å². The number of rotatable bonds is 0. The van der Waals surface area contributed by atoms with Crippen LogP contribution in [-0.4, -0.2) is 18.9 Å². The maximum absolute atomic E-state index is 11.9. The first-order valence-corrected chi connectivity index (χ1v) is 4.75. The van der Waals surface area contributed by atoms with Gasteiger partial charge < -0.3 is 0 Å². The molecule has 0 aliphatic heterocycles. The van der Waals surface area contributed by atoms with E-state index in [2.05, 4.69) is 9.97 Å². The zero-order valence-corrected chi connectivity index (χ0v) is 8.47. The van der Waals surface area contributed by atoms with E-state index in [9.17, 15) is 9.59 Å². The van der Waals surface area contributed by atoms with Crippen molar-refractivity contribution in [1.29, 1.82) is 0 Å². The van der Waals surface area contributed by atoms with Gasteiger partial charge in [-0.2, -0.15) is 0 Å². The molecular weight excluding hydrogens is 208 g/mol. The molecule has 0 bridgehead atoms. The average molecular weight is 216 g/mol. The number of hydrogen-bond acceptors (Lipinski definition) is 3. The molecule has 0 spiro atoms. The average Bonchev–Trinajstić information content (AvgIpc) is 2.64. The summed E-state index contributed by atoms with van der Waals surface area (Å²) in [6.45, 7) is 0. The van der Waals surface area contributed by atoms with Gasteiger partial charge in [0.25, 0.3) is 0 Å². The summed E-state index contributed by atoms with van der Waals surface area (Å²) >= 11 is 0. The number of aromatic amines is 1. The summed E-state index contributed by atoms with van der Waals surface area (Å²) in [4.78, 5) is 30.0. The van der Waals surface area contributed by atoms with Crippen LogP contribution in [0, 0.1) is 0 Å². The Morgan fingerprint density at radius 3 is 2.81 bits per heavy atom. The third kappa shape index (κ3) is 0.979. The number of fused-ring (bicyclic) bond motifs is 3. The van der Waals surface area contributed by atoms with E-state index in [1.807, 2.05) is 12.1 Å². The van der Waals surface area contributed by atoms with Crippen LogP contribution in [0.1, 0.15) is 0 Å². The molecule has 2 aromatic heterocycles. The van der Waals surface area contributed by atoms with Crippen LogP contribution in [0.15, 0.2) is 33.9 Å². The maximum Gasteiger partial charge on any atom is 0.339 e. The molecular formula is C10H8N4O2. The van der Waals surface area contributed by atoms with Gasteiger partial charge in [-0.15, -0.1) is 0 Å². The van der Waals surface area contributed by atoms with Gasteiger partial charge in [-0.3, -0.25) is 4.98 Å². The lowest BCUT2D eigenvalue weighted by molar-refractivity contribution is 0.724. The summed E-state index contributed by atoms with van der Waals surface area (Å²) in [6.07, 6.45) is 0. The van der Waals surface area contributed by atoms with Crippen molar-refractivity contribution in [3.05, 3.63) is 45.2 Å². The molecule has 2 heterocycles. The highest BCUT2D eigenvalue weighted by molar-refractivity contribution is 5.78. The summed E-state index contributed by atoms with van der Waals surface area (Å²) in [7, 11) is 1.43. The molecule has 0 amide bonds.